The quantitative estimate of drug-likeness (QED) is 0.727. The van der Waals surface area contributed by atoms with Crippen molar-refractivity contribution in [2.75, 3.05) is 39.2 Å². The zero-order valence-corrected chi connectivity index (χ0v) is 13.8. The number of anilines is 1. The van der Waals surface area contributed by atoms with Crippen molar-refractivity contribution >= 4 is 29.4 Å². The third-order valence-electron chi connectivity index (χ3n) is 4.70. The third kappa shape index (κ3) is 1.85. The van der Waals surface area contributed by atoms with Crippen LogP contribution >= 0.6 is 0 Å². The Kier molecular flexibility index (Phi) is 3.09. The van der Waals surface area contributed by atoms with Crippen LogP contribution in [0.1, 0.15) is 0 Å². The van der Waals surface area contributed by atoms with Gasteiger partial charge in [0.25, 0.3) is 5.91 Å². The number of amidine groups is 1. The fourth-order valence-electron chi connectivity index (χ4n) is 3.34. The van der Waals surface area contributed by atoms with Crippen LogP contribution in [0.5, 0.6) is 5.75 Å². The summed E-state index contributed by atoms with van der Waals surface area (Å²) >= 11 is 0. The van der Waals surface area contributed by atoms with E-state index >= 15 is 0 Å². The fraction of sp³-hybridized carbons (Fsp3) is 0.375. The molecule has 8 heteroatoms. The van der Waals surface area contributed by atoms with Gasteiger partial charge in [0.1, 0.15) is 18.0 Å². The van der Waals surface area contributed by atoms with E-state index in [0.29, 0.717) is 18.3 Å². The Morgan fingerprint density at radius 3 is 2.54 bits per heavy atom. The summed E-state index contributed by atoms with van der Waals surface area (Å²) in [5, 5.41) is 0. The first-order valence-corrected chi connectivity index (χ1v) is 7.72. The number of hydrogen-bond acceptors (Lipinski definition) is 5. The van der Waals surface area contributed by atoms with Crippen molar-refractivity contribution in [3.05, 3.63) is 24.3 Å². The molecule has 3 amide bonds. The van der Waals surface area contributed by atoms with Gasteiger partial charge in [-0.1, -0.05) is 4.99 Å². The lowest BCUT2D eigenvalue weighted by molar-refractivity contribution is -0.525. The first-order valence-electron chi connectivity index (χ1n) is 7.72. The average molecular weight is 328 g/mol. The summed E-state index contributed by atoms with van der Waals surface area (Å²) in [6.45, 7) is 1.42. The topological polar surface area (TPSA) is 68.5 Å². The molecule has 124 valence electrons. The van der Waals surface area contributed by atoms with E-state index in [1.54, 1.807) is 14.2 Å². The van der Waals surface area contributed by atoms with Crippen molar-refractivity contribution in [2.24, 2.45) is 4.99 Å². The summed E-state index contributed by atoms with van der Waals surface area (Å²) < 4.78 is 7.15. The van der Waals surface area contributed by atoms with Gasteiger partial charge >= 0.3 is 12.0 Å². The zero-order chi connectivity index (χ0) is 17.0. The number of carbonyl (C=O) groups excluding carboxylic acids is 2. The first-order chi connectivity index (χ1) is 11.5. The number of guanidine groups is 1. The van der Waals surface area contributed by atoms with Gasteiger partial charge in [-0.2, -0.15) is 0 Å². The monoisotopic (exact) mass is 328 g/mol. The Balaban J connectivity index is 1.72. The number of rotatable bonds is 2. The van der Waals surface area contributed by atoms with Crippen molar-refractivity contribution in [2.45, 2.75) is 6.04 Å². The summed E-state index contributed by atoms with van der Waals surface area (Å²) in [6, 6.07) is 6.83. The van der Waals surface area contributed by atoms with Gasteiger partial charge in [0.05, 0.1) is 13.7 Å². The van der Waals surface area contributed by atoms with Crippen LogP contribution in [0.25, 0.3) is 0 Å². The summed E-state index contributed by atoms with van der Waals surface area (Å²) in [5.74, 6) is 1.76. The lowest BCUT2D eigenvalue weighted by Gasteiger charge is -2.31. The second-order valence-corrected chi connectivity index (χ2v) is 5.95. The molecule has 0 radical (unpaired) electrons. The normalized spacial score (nSPS) is 22.9. The number of nitrogens with zero attached hydrogens (tertiary/aromatic N) is 5. The number of fused-ring (bicyclic) bond motifs is 2. The molecule has 4 rings (SSSR count). The standard InChI is InChI=1S/C16H18N5O3/c1-18-13-12(14(22)19(2)16(18)23)21-9-8-20(15(21)17-13)10-4-6-11(24-3)7-5-10/h4-7,12H,8-9H2,1-3H3/q+1. The maximum atomic E-state index is 12.5. The number of hydrogen-bond donors (Lipinski definition) is 0. The largest absolute Gasteiger partial charge is 0.497 e. The van der Waals surface area contributed by atoms with Crippen molar-refractivity contribution in [3.63, 3.8) is 0 Å². The molecule has 0 saturated carbocycles. The lowest BCUT2D eigenvalue weighted by Crippen LogP contribution is -2.61. The van der Waals surface area contributed by atoms with Crippen LogP contribution in [0.4, 0.5) is 10.5 Å². The number of ether oxygens (including phenoxy) is 1. The van der Waals surface area contributed by atoms with Crippen molar-refractivity contribution in [1.82, 2.24) is 9.80 Å². The molecule has 1 fully saturated rings. The maximum Gasteiger partial charge on any atom is 0.397 e. The highest BCUT2D eigenvalue weighted by molar-refractivity contribution is 6.24. The van der Waals surface area contributed by atoms with Crippen LogP contribution in [-0.2, 0) is 4.79 Å². The van der Waals surface area contributed by atoms with Crippen molar-refractivity contribution in [3.8, 4) is 5.75 Å². The Labute approximate surface area is 139 Å². The van der Waals surface area contributed by atoms with Crippen LogP contribution in [0, 0.1) is 0 Å². The molecule has 0 aliphatic carbocycles. The smallest absolute Gasteiger partial charge is 0.397 e. The molecule has 1 unspecified atom stereocenters. The predicted octanol–water partition coefficient (Wildman–Crippen LogP) is 0.188. The van der Waals surface area contributed by atoms with Gasteiger partial charge < -0.3 is 4.74 Å². The maximum absolute atomic E-state index is 12.5. The second-order valence-electron chi connectivity index (χ2n) is 5.95. The minimum atomic E-state index is -0.518. The van der Waals surface area contributed by atoms with E-state index in [1.165, 1.54) is 11.9 Å². The second kappa shape index (κ2) is 5.05. The Morgan fingerprint density at radius 1 is 1.17 bits per heavy atom. The van der Waals surface area contributed by atoms with E-state index in [9.17, 15) is 9.59 Å². The van der Waals surface area contributed by atoms with E-state index in [1.807, 2.05) is 28.8 Å². The molecular formula is C16H18N5O3+. The summed E-state index contributed by atoms with van der Waals surface area (Å²) in [4.78, 5) is 33.9. The highest BCUT2D eigenvalue weighted by Gasteiger charge is 2.54. The van der Waals surface area contributed by atoms with E-state index in [0.717, 1.165) is 22.9 Å². The highest BCUT2D eigenvalue weighted by atomic mass is 16.5. The van der Waals surface area contributed by atoms with E-state index in [-0.39, 0.29) is 11.9 Å². The molecule has 3 aliphatic heterocycles. The molecule has 1 saturated heterocycles. The summed E-state index contributed by atoms with van der Waals surface area (Å²) in [7, 11) is 4.79. The number of urea groups is 1. The molecule has 0 aromatic heterocycles. The number of imide groups is 1. The van der Waals surface area contributed by atoms with E-state index < -0.39 is 6.04 Å². The van der Waals surface area contributed by atoms with Gasteiger partial charge in [-0.05, 0) is 24.3 Å². The number of benzene rings is 1. The summed E-state index contributed by atoms with van der Waals surface area (Å²) in [6.07, 6.45) is 0. The number of likely N-dealkylation sites (N-methyl/N-ethyl adjacent to an activating group) is 2. The number of aliphatic imine (C=N–C) groups is 1. The lowest BCUT2D eigenvalue weighted by atomic mass is 10.1. The Morgan fingerprint density at radius 2 is 1.88 bits per heavy atom. The fourth-order valence-corrected chi connectivity index (χ4v) is 3.34. The predicted molar refractivity (Wildman–Crippen MR) is 87.6 cm³/mol. The molecular weight excluding hydrogens is 310 g/mol. The molecule has 1 aromatic rings. The van der Waals surface area contributed by atoms with E-state index in [2.05, 4.69) is 9.89 Å². The Bertz CT molecular complexity index is 798. The molecule has 3 aliphatic rings. The van der Waals surface area contributed by atoms with Crippen molar-refractivity contribution < 1.29 is 18.9 Å². The van der Waals surface area contributed by atoms with E-state index in [4.69, 9.17) is 4.74 Å². The molecule has 0 bridgehead atoms. The first kappa shape index (κ1) is 14.7. The van der Waals surface area contributed by atoms with Gasteiger partial charge in [-0.25, -0.2) is 14.3 Å². The minimum Gasteiger partial charge on any atom is -0.497 e. The van der Waals surface area contributed by atoms with Crippen LogP contribution in [-0.4, -0.2) is 78.4 Å². The van der Waals surface area contributed by atoms with Crippen LogP contribution in [0.3, 0.4) is 0 Å². The van der Waals surface area contributed by atoms with Crippen molar-refractivity contribution in [1.29, 1.82) is 0 Å². The third-order valence-corrected chi connectivity index (χ3v) is 4.70. The van der Waals surface area contributed by atoms with Gasteiger partial charge in [-0.15, -0.1) is 0 Å². The number of amides is 3. The SMILES string of the molecule is COc1ccc(N2CC[N+]3=C2N=C2C3C(=O)N(C)C(=O)N2C)cc1. The van der Waals surface area contributed by atoms with Gasteiger partial charge in [0.15, 0.2) is 0 Å². The minimum absolute atomic E-state index is 0.233. The molecule has 3 heterocycles. The van der Waals surface area contributed by atoms with Gasteiger partial charge in [0.2, 0.25) is 11.9 Å². The zero-order valence-electron chi connectivity index (χ0n) is 13.8. The van der Waals surface area contributed by atoms with Crippen LogP contribution in [0.15, 0.2) is 29.3 Å². The molecule has 8 nitrogen and oxygen atoms in total. The van der Waals surface area contributed by atoms with Crippen LogP contribution < -0.4 is 9.64 Å². The Hall–Kier alpha value is -2.90. The number of carbonyl (C=O) groups is 2. The highest BCUT2D eigenvalue weighted by Crippen LogP contribution is 2.27. The molecule has 0 spiro atoms. The van der Waals surface area contributed by atoms with Gasteiger partial charge in [0, 0.05) is 14.1 Å². The molecule has 24 heavy (non-hydrogen) atoms. The summed E-state index contributed by atoms with van der Waals surface area (Å²) in [5.41, 5.74) is 0.978. The molecule has 1 atom stereocenters. The molecule has 0 N–H and O–H groups in total. The average Bonchev–Trinajstić information content (AvgIpc) is 3.17. The van der Waals surface area contributed by atoms with Gasteiger partial charge in [-0.3, -0.25) is 14.6 Å². The number of methoxy groups -OCH3 is 1. The molecule has 1 aromatic carbocycles. The van der Waals surface area contributed by atoms with Crippen LogP contribution in [0.2, 0.25) is 0 Å².